The summed E-state index contributed by atoms with van der Waals surface area (Å²) in [5, 5.41) is 3.59. The topological polar surface area (TPSA) is 26.0 Å². The third kappa shape index (κ3) is 1.73. The van der Waals surface area contributed by atoms with E-state index in [-0.39, 0.29) is 18.9 Å². The van der Waals surface area contributed by atoms with E-state index < -0.39 is 0 Å². The second-order valence-electron chi connectivity index (χ2n) is 1.45. The van der Waals surface area contributed by atoms with Crippen molar-refractivity contribution in [3.8, 4) is 0 Å². The predicted octanol–water partition coefficient (Wildman–Crippen LogP) is -1.90. The Labute approximate surface area is 60.4 Å². The molecule has 0 bridgehead atoms. The number of hydrogen-bond acceptors (Lipinski definition) is 2. The molecule has 0 atom stereocenters. The first kappa shape index (κ1) is 7.81. The smallest absolute Gasteiger partial charge is 0.403 e. The molecule has 0 radical (unpaired) electrons. The molecule has 2 nitrogen and oxygen atoms in total. The summed E-state index contributed by atoms with van der Waals surface area (Å²) in [6.07, 6.45) is 0. The van der Waals surface area contributed by atoms with Crippen LogP contribution in [0.15, 0.2) is 4.52 Å². The fourth-order valence-electron chi connectivity index (χ4n) is 0.437. The molecule has 0 aliphatic rings. The van der Waals surface area contributed by atoms with Crippen LogP contribution in [0.4, 0.5) is 0 Å². The van der Waals surface area contributed by atoms with Gasteiger partial charge in [0.1, 0.15) is 0 Å². The second kappa shape index (κ2) is 2.96. The van der Waals surface area contributed by atoms with Crippen molar-refractivity contribution >= 4 is 0 Å². The van der Waals surface area contributed by atoms with Gasteiger partial charge in [-0.05, 0) is 12.7 Å². The molecule has 0 fully saturated rings. The van der Waals surface area contributed by atoms with E-state index in [2.05, 4.69) is 15.7 Å². The Balaban J connectivity index is 0.000000490. The number of aryl methyl sites for hydroxylation is 2. The molecule has 1 aromatic rings. The molecule has 38 valence electrons. The zero-order chi connectivity index (χ0) is 5.28. The molecule has 1 rings (SSSR count). The molecular weight excluding hydrogens is 97.0 g/mol. The van der Waals surface area contributed by atoms with Crippen LogP contribution in [-0.4, -0.2) is 5.16 Å². The first-order chi connectivity index (χ1) is 3.29. The minimum Gasteiger partial charge on any atom is -0.403 e. The summed E-state index contributed by atoms with van der Waals surface area (Å²) in [6.45, 7) is 3.66. The minimum absolute atomic E-state index is 0. The van der Waals surface area contributed by atoms with Crippen LogP contribution >= 0.6 is 0 Å². The van der Waals surface area contributed by atoms with E-state index in [1.165, 1.54) is 0 Å². The average Bonchev–Trinajstić information content (AvgIpc) is 1.87. The predicted molar refractivity (Wildman–Crippen MR) is 24.8 cm³/mol. The first-order valence-corrected chi connectivity index (χ1v) is 2.11. The van der Waals surface area contributed by atoms with Crippen molar-refractivity contribution in [3.63, 3.8) is 0 Å². The van der Waals surface area contributed by atoms with E-state index in [1.807, 2.05) is 13.8 Å². The van der Waals surface area contributed by atoms with Gasteiger partial charge in [-0.3, -0.25) is 0 Å². The van der Waals surface area contributed by atoms with Crippen LogP contribution in [0.3, 0.4) is 0 Å². The molecule has 0 unspecified atom stereocenters. The van der Waals surface area contributed by atoms with Crippen molar-refractivity contribution in [2.24, 2.45) is 0 Å². The Bertz CT molecular complexity index is 145. The van der Waals surface area contributed by atoms with Gasteiger partial charge in [0.15, 0.2) is 0 Å². The fraction of sp³-hybridized carbons (Fsp3) is 0.400. The van der Waals surface area contributed by atoms with Crippen LogP contribution in [0, 0.1) is 19.9 Å². The standard InChI is InChI=1S/C5H6NO.Li/c1-4-3-5(2)7-6-4;/h1-2H3;/q-1;+1. The van der Waals surface area contributed by atoms with Gasteiger partial charge >= 0.3 is 18.9 Å². The maximum atomic E-state index is 4.66. The summed E-state index contributed by atoms with van der Waals surface area (Å²) in [5.74, 6) is 0.748. The Morgan fingerprint density at radius 1 is 1.50 bits per heavy atom. The quantitative estimate of drug-likeness (QED) is 0.283. The van der Waals surface area contributed by atoms with Gasteiger partial charge in [-0.15, -0.1) is 5.16 Å². The molecule has 1 aromatic heterocycles. The van der Waals surface area contributed by atoms with Crippen molar-refractivity contribution < 1.29 is 23.4 Å². The molecule has 0 saturated heterocycles. The average molecular weight is 103 g/mol. The molecule has 0 N–H and O–H groups in total. The summed E-state index contributed by atoms with van der Waals surface area (Å²) < 4.78 is 4.66. The molecule has 3 heteroatoms. The number of nitrogens with zero attached hydrogens (tertiary/aromatic N) is 1. The van der Waals surface area contributed by atoms with E-state index in [9.17, 15) is 0 Å². The molecule has 0 amide bonds. The summed E-state index contributed by atoms with van der Waals surface area (Å²) in [6, 6.07) is 2.86. The Kier molecular flexibility index (Phi) is 2.89. The Morgan fingerprint density at radius 3 is 2.25 bits per heavy atom. The van der Waals surface area contributed by atoms with Gasteiger partial charge in [-0.2, -0.15) is 0 Å². The molecule has 1 heterocycles. The fourth-order valence-corrected chi connectivity index (χ4v) is 0.437. The first-order valence-electron chi connectivity index (χ1n) is 2.11. The molecule has 0 saturated carbocycles. The van der Waals surface area contributed by atoms with Crippen LogP contribution in [0.5, 0.6) is 0 Å². The van der Waals surface area contributed by atoms with Gasteiger partial charge in [0.05, 0.1) is 0 Å². The van der Waals surface area contributed by atoms with Crippen LogP contribution in [-0.2, 0) is 0 Å². The maximum Gasteiger partial charge on any atom is 1.00 e. The van der Waals surface area contributed by atoms with E-state index in [0.717, 1.165) is 11.5 Å². The van der Waals surface area contributed by atoms with Crippen molar-refractivity contribution in [2.75, 3.05) is 0 Å². The van der Waals surface area contributed by atoms with Crippen molar-refractivity contribution in [3.05, 3.63) is 17.5 Å². The summed E-state index contributed by atoms with van der Waals surface area (Å²) in [7, 11) is 0. The molecule has 0 aliphatic carbocycles. The van der Waals surface area contributed by atoms with Gasteiger partial charge in [0, 0.05) is 0 Å². The van der Waals surface area contributed by atoms with Crippen molar-refractivity contribution in [1.82, 2.24) is 5.16 Å². The largest absolute Gasteiger partial charge is 1.00 e. The second-order valence-corrected chi connectivity index (χ2v) is 1.45. The molecule has 8 heavy (non-hydrogen) atoms. The van der Waals surface area contributed by atoms with Crippen LogP contribution in [0.1, 0.15) is 11.5 Å². The molecule has 0 spiro atoms. The maximum absolute atomic E-state index is 4.66. The van der Waals surface area contributed by atoms with E-state index in [4.69, 9.17) is 0 Å². The molecule has 0 aliphatic heterocycles. The molecular formula is C5H6LiNO. The van der Waals surface area contributed by atoms with Crippen molar-refractivity contribution in [2.45, 2.75) is 13.8 Å². The van der Waals surface area contributed by atoms with Crippen LogP contribution < -0.4 is 18.9 Å². The van der Waals surface area contributed by atoms with Gasteiger partial charge < -0.3 is 10.6 Å². The minimum atomic E-state index is 0. The van der Waals surface area contributed by atoms with Gasteiger partial charge in [0.25, 0.3) is 0 Å². The van der Waals surface area contributed by atoms with Gasteiger partial charge in [-0.1, -0.05) is 12.6 Å². The monoisotopic (exact) mass is 103 g/mol. The summed E-state index contributed by atoms with van der Waals surface area (Å²) in [4.78, 5) is 0. The van der Waals surface area contributed by atoms with Gasteiger partial charge in [0.2, 0.25) is 0 Å². The normalized spacial score (nSPS) is 8.25. The summed E-state index contributed by atoms with van der Waals surface area (Å²) >= 11 is 0. The van der Waals surface area contributed by atoms with E-state index in [1.54, 1.807) is 0 Å². The zero-order valence-electron chi connectivity index (χ0n) is 5.36. The SMILES string of the molecule is Cc1[c-]c(C)on1.[Li+]. The third-order valence-electron chi connectivity index (χ3n) is 0.676. The van der Waals surface area contributed by atoms with E-state index in [0.29, 0.717) is 0 Å². The number of hydrogen-bond donors (Lipinski definition) is 0. The van der Waals surface area contributed by atoms with Crippen molar-refractivity contribution in [1.29, 1.82) is 0 Å². The van der Waals surface area contributed by atoms with Crippen LogP contribution in [0.25, 0.3) is 0 Å². The third-order valence-corrected chi connectivity index (χ3v) is 0.676. The van der Waals surface area contributed by atoms with Gasteiger partial charge in [-0.25, -0.2) is 0 Å². The van der Waals surface area contributed by atoms with E-state index >= 15 is 0 Å². The zero-order valence-corrected chi connectivity index (χ0v) is 5.36. The molecule has 0 aromatic carbocycles. The number of rotatable bonds is 0. The number of aromatic nitrogens is 1. The Morgan fingerprint density at radius 2 is 2.12 bits per heavy atom. The summed E-state index contributed by atoms with van der Waals surface area (Å²) in [5.41, 5.74) is 0.817. The Hall–Kier alpha value is -0.193. The van der Waals surface area contributed by atoms with Crippen LogP contribution in [0.2, 0.25) is 0 Å².